The number of hydrogen-bond donors (Lipinski definition) is 2. The van der Waals surface area contributed by atoms with E-state index in [1.807, 2.05) is 0 Å². The lowest BCUT2D eigenvalue weighted by molar-refractivity contribution is 0.0958. The van der Waals surface area contributed by atoms with E-state index in [2.05, 4.69) is 16.6 Å². The summed E-state index contributed by atoms with van der Waals surface area (Å²) in [6.07, 6.45) is 1.56. The number of hydrogen-bond acceptors (Lipinski definition) is 4. The molecule has 2 rings (SSSR count). The van der Waals surface area contributed by atoms with Crippen molar-refractivity contribution >= 4 is 21.6 Å². The van der Waals surface area contributed by atoms with Gasteiger partial charge in [-0.2, -0.15) is 0 Å². The molecule has 0 aromatic heterocycles. The molecule has 0 bridgehead atoms. The van der Waals surface area contributed by atoms with Crippen LogP contribution in [-0.4, -0.2) is 28.0 Å². The predicted molar refractivity (Wildman–Crippen MR) is 92.8 cm³/mol. The zero-order chi connectivity index (χ0) is 17.6. The van der Waals surface area contributed by atoms with Crippen molar-refractivity contribution in [2.75, 3.05) is 18.4 Å². The Morgan fingerprint density at radius 3 is 2.54 bits per heavy atom. The standard InChI is InChI=1S/C17H18N2O4S/c1-3-11-18-17(20)13-5-4-6-14(12-13)19-24(21,22)16-9-7-15(23-2)8-10-16/h3-10,12,19H,1,11H2,2H3,(H,18,20). The van der Waals surface area contributed by atoms with Crippen LogP contribution in [0.4, 0.5) is 5.69 Å². The van der Waals surface area contributed by atoms with E-state index in [9.17, 15) is 13.2 Å². The van der Waals surface area contributed by atoms with Crippen LogP contribution in [0.2, 0.25) is 0 Å². The molecule has 0 aliphatic rings. The fourth-order valence-corrected chi connectivity index (χ4v) is 3.01. The average molecular weight is 346 g/mol. The molecule has 0 radical (unpaired) electrons. The van der Waals surface area contributed by atoms with Gasteiger partial charge in [0.05, 0.1) is 12.0 Å². The molecule has 0 heterocycles. The van der Waals surface area contributed by atoms with Crippen LogP contribution < -0.4 is 14.8 Å². The highest BCUT2D eigenvalue weighted by Crippen LogP contribution is 2.19. The Morgan fingerprint density at radius 2 is 1.92 bits per heavy atom. The summed E-state index contributed by atoms with van der Waals surface area (Å²) in [6.45, 7) is 3.86. The molecule has 1 amide bonds. The number of benzene rings is 2. The predicted octanol–water partition coefficient (Wildman–Crippen LogP) is 2.41. The van der Waals surface area contributed by atoms with E-state index in [0.717, 1.165) is 0 Å². The van der Waals surface area contributed by atoms with E-state index in [1.165, 1.54) is 25.3 Å². The van der Waals surface area contributed by atoms with E-state index >= 15 is 0 Å². The summed E-state index contributed by atoms with van der Waals surface area (Å²) < 4.78 is 32.2. The van der Waals surface area contributed by atoms with Crippen molar-refractivity contribution in [3.05, 3.63) is 66.7 Å². The Bertz CT molecular complexity index is 830. The van der Waals surface area contributed by atoms with Crippen molar-refractivity contribution in [3.8, 4) is 5.75 Å². The number of sulfonamides is 1. The van der Waals surface area contributed by atoms with Gasteiger partial charge in [-0.1, -0.05) is 12.1 Å². The summed E-state index contributed by atoms with van der Waals surface area (Å²) in [7, 11) is -2.25. The van der Waals surface area contributed by atoms with Gasteiger partial charge in [0.25, 0.3) is 15.9 Å². The SMILES string of the molecule is C=CCNC(=O)c1cccc(NS(=O)(=O)c2ccc(OC)cc2)c1. The number of nitrogens with one attached hydrogen (secondary N) is 2. The molecule has 6 nitrogen and oxygen atoms in total. The number of methoxy groups -OCH3 is 1. The first-order valence-corrected chi connectivity index (χ1v) is 8.60. The number of amides is 1. The maximum Gasteiger partial charge on any atom is 0.261 e. The summed E-state index contributed by atoms with van der Waals surface area (Å²) in [6, 6.07) is 12.3. The van der Waals surface area contributed by atoms with Gasteiger partial charge in [-0.3, -0.25) is 9.52 Å². The molecular weight excluding hydrogens is 328 g/mol. The summed E-state index contributed by atoms with van der Waals surface area (Å²) in [5.41, 5.74) is 0.656. The van der Waals surface area contributed by atoms with Gasteiger partial charge in [-0.15, -0.1) is 6.58 Å². The minimum atomic E-state index is -3.75. The van der Waals surface area contributed by atoms with Gasteiger partial charge in [-0.25, -0.2) is 8.42 Å². The lowest BCUT2D eigenvalue weighted by atomic mass is 10.2. The normalized spacial score (nSPS) is 10.7. The minimum Gasteiger partial charge on any atom is -0.497 e. The molecule has 0 aliphatic heterocycles. The maximum atomic E-state index is 12.4. The molecule has 2 aromatic rings. The molecule has 126 valence electrons. The molecule has 0 saturated heterocycles. The number of carbonyl (C=O) groups excluding carboxylic acids is 1. The average Bonchev–Trinajstić information content (AvgIpc) is 2.59. The van der Waals surface area contributed by atoms with Gasteiger partial charge < -0.3 is 10.1 Å². The van der Waals surface area contributed by atoms with Crippen LogP contribution >= 0.6 is 0 Å². The fraction of sp³-hybridized carbons (Fsp3) is 0.118. The van der Waals surface area contributed by atoms with Gasteiger partial charge in [0.1, 0.15) is 5.75 Å². The fourth-order valence-electron chi connectivity index (χ4n) is 1.96. The second-order valence-electron chi connectivity index (χ2n) is 4.86. The van der Waals surface area contributed by atoms with E-state index in [-0.39, 0.29) is 10.8 Å². The van der Waals surface area contributed by atoms with Crippen molar-refractivity contribution in [1.29, 1.82) is 0 Å². The summed E-state index contributed by atoms with van der Waals surface area (Å²) in [5, 5.41) is 2.63. The third kappa shape index (κ3) is 4.36. The lowest BCUT2D eigenvalue weighted by Crippen LogP contribution is -2.23. The second-order valence-corrected chi connectivity index (χ2v) is 6.54. The first-order chi connectivity index (χ1) is 11.5. The Kier molecular flexibility index (Phi) is 5.59. The third-order valence-corrected chi connectivity index (χ3v) is 4.55. The van der Waals surface area contributed by atoms with Gasteiger partial charge in [0.2, 0.25) is 0 Å². The first kappa shape index (κ1) is 17.6. The van der Waals surface area contributed by atoms with Gasteiger partial charge in [0.15, 0.2) is 0 Å². The van der Waals surface area contributed by atoms with Crippen LogP contribution in [0.25, 0.3) is 0 Å². The van der Waals surface area contributed by atoms with Crippen molar-refractivity contribution in [1.82, 2.24) is 5.32 Å². The molecule has 24 heavy (non-hydrogen) atoms. The number of ether oxygens (including phenoxy) is 1. The monoisotopic (exact) mass is 346 g/mol. The highest BCUT2D eigenvalue weighted by atomic mass is 32.2. The maximum absolute atomic E-state index is 12.4. The molecule has 0 fully saturated rings. The Labute approximate surface area is 141 Å². The molecule has 0 unspecified atom stereocenters. The molecule has 0 spiro atoms. The largest absolute Gasteiger partial charge is 0.497 e. The second kappa shape index (κ2) is 7.65. The van der Waals surface area contributed by atoms with Gasteiger partial charge in [-0.05, 0) is 42.5 Å². The number of carbonyl (C=O) groups is 1. The van der Waals surface area contributed by atoms with Crippen LogP contribution in [0.5, 0.6) is 5.75 Å². The van der Waals surface area contributed by atoms with Crippen molar-refractivity contribution in [2.24, 2.45) is 0 Å². The molecule has 0 saturated carbocycles. The highest BCUT2D eigenvalue weighted by Gasteiger charge is 2.15. The number of anilines is 1. The molecule has 2 aromatic carbocycles. The van der Waals surface area contributed by atoms with Crippen molar-refractivity contribution < 1.29 is 17.9 Å². The molecule has 0 atom stereocenters. The lowest BCUT2D eigenvalue weighted by Gasteiger charge is -2.10. The topological polar surface area (TPSA) is 84.5 Å². The molecular formula is C17H18N2O4S. The zero-order valence-corrected chi connectivity index (χ0v) is 14.0. The van der Waals surface area contributed by atoms with E-state index in [1.54, 1.807) is 36.4 Å². The highest BCUT2D eigenvalue weighted by molar-refractivity contribution is 7.92. The van der Waals surface area contributed by atoms with Crippen molar-refractivity contribution in [3.63, 3.8) is 0 Å². The summed E-state index contributed by atoms with van der Waals surface area (Å²) in [4.78, 5) is 12.0. The smallest absolute Gasteiger partial charge is 0.261 e. The van der Waals surface area contributed by atoms with E-state index in [0.29, 0.717) is 23.5 Å². The molecule has 0 aliphatic carbocycles. The summed E-state index contributed by atoms with van der Waals surface area (Å²) in [5.74, 6) is 0.259. The van der Waals surface area contributed by atoms with Crippen LogP contribution in [0.1, 0.15) is 10.4 Å². The van der Waals surface area contributed by atoms with E-state index < -0.39 is 10.0 Å². The van der Waals surface area contributed by atoms with Gasteiger partial charge in [0, 0.05) is 17.8 Å². The minimum absolute atomic E-state index is 0.102. The molecule has 2 N–H and O–H groups in total. The van der Waals surface area contributed by atoms with Crippen molar-refractivity contribution in [2.45, 2.75) is 4.90 Å². The van der Waals surface area contributed by atoms with Gasteiger partial charge >= 0.3 is 0 Å². The third-order valence-electron chi connectivity index (χ3n) is 3.15. The Balaban J connectivity index is 2.19. The number of rotatable bonds is 7. The quantitative estimate of drug-likeness (QED) is 0.754. The Morgan fingerprint density at radius 1 is 1.21 bits per heavy atom. The first-order valence-electron chi connectivity index (χ1n) is 7.12. The van der Waals surface area contributed by atoms with Crippen LogP contribution in [-0.2, 0) is 10.0 Å². The van der Waals surface area contributed by atoms with E-state index in [4.69, 9.17) is 4.74 Å². The van der Waals surface area contributed by atoms with Crippen LogP contribution in [0.15, 0.2) is 66.1 Å². The summed E-state index contributed by atoms with van der Waals surface area (Å²) >= 11 is 0. The molecule has 7 heteroatoms. The zero-order valence-electron chi connectivity index (χ0n) is 13.2. The Hall–Kier alpha value is -2.80. The van der Waals surface area contributed by atoms with Crippen LogP contribution in [0.3, 0.4) is 0 Å². The van der Waals surface area contributed by atoms with Crippen LogP contribution in [0, 0.1) is 0 Å².